The van der Waals surface area contributed by atoms with Crippen LogP contribution >= 0.6 is 0 Å². The molecule has 94 valence electrons. The molecule has 0 aliphatic heterocycles. The zero-order valence-corrected chi connectivity index (χ0v) is 10.7. The SMILES string of the molecule is CC(Oc1ccccc1)OC(C)c1ccccc1. The Kier molecular flexibility index (Phi) is 4.37. The van der Waals surface area contributed by atoms with Gasteiger partial charge in [-0.3, -0.25) is 0 Å². The third kappa shape index (κ3) is 3.60. The van der Waals surface area contributed by atoms with Crippen LogP contribution in [0.3, 0.4) is 0 Å². The Balaban J connectivity index is 1.90. The first-order valence-corrected chi connectivity index (χ1v) is 6.18. The van der Waals surface area contributed by atoms with Crippen molar-refractivity contribution in [2.75, 3.05) is 0 Å². The zero-order chi connectivity index (χ0) is 12.8. The maximum atomic E-state index is 5.82. The monoisotopic (exact) mass is 242 g/mol. The van der Waals surface area contributed by atoms with Gasteiger partial charge in [0.2, 0.25) is 0 Å². The third-order valence-electron chi connectivity index (χ3n) is 2.71. The van der Waals surface area contributed by atoms with E-state index in [1.807, 2.05) is 62.4 Å². The molecular weight excluding hydrogens is 224 g/mol. The van der Waals surface area contributed by atoms with Crippen LogP contribution < -0.4 is 4.74 Å². The van der Waals surface area contributed by atoms with Gasteiger partial charge in [-0.2, -0.15) is 0 Å². The fourth-order valence-corrected chi connectivity index (χ4v) is 1.81. The van der Waals surface area contributed by atoms with Gasteiger partial charge in [-0.15, -0.1) is 0 Å². The van der Waals surface area contributed by atoms with Gasteiger partial charge >= 0.3 is 0 Å². The van der Waals surface area contributed by atoms with Gasteiger partial charge in [0.25, 0.3) is 0 Å². The molecule has 2 rings (SSSR count). The van der Waals surface area contributed by atoms with Gasteiger partial charge in [-0.05, 0) is 31.5 Å². The van der Waals surface area contributed by atoms with Crippen molar-refractivity contribution >= 4 is 0 Å². The first-order chi connectivity index (χ1) is 8.75. The molecule has 0 aromatic heterocycles. The minimum absolute atomic E-state index is 0.0184. The summed E-state index contributed by atoms with van der Waals surface area (Å²) < 4.78 is 11.5. The lowest BCUT2D eigenvalue weighted by atomic mass is 10.1. The van der Waals surface area contributed by atoms with Crippen molar-refractivity contribution in [3.63, 3.8) is 0 Å². The zero-order valence-electron chi connectivity index (χ0n) is 10.7. The second-order valence-electron chi connectivity index (χ2n) is 4.19. The second kappa shape index (κ2) is 6.22. The molecule has 2 heteroatoms. The minimum Gasteiger partial charge on any atom is -0.465 e. The molecule has 0 heterocycles. The highest BCUT2D eigenvalue weighted by atomic mass is 16.7. The molecule has 0 N–H and O–H groups in total. The molecule has 0 radical (unpaired) electrons. The fourth-order valence-electron chi connectivity index (χ4n) is 1.81. The highest BCUT2D eigenvalue weighted by Crippen LogP contribution is 2.20. The van der Waals surface area contributed by atoms with E-state index in [9.17, 15) is 0 Å². The van der Waals surface area contributed by atoms with Crippen LogP contribution in [0.2, 0.25) is 0 Å². The predicted molar refractivity (Wildman–Crippen MR) is 72.5 cm³/mol. The molecule has 0 aliphatic carbocycles. The smallest absolute Gasteiger partial charge is 0.197 e. The summed E-state index contributed by atoms with van der Waals surface area (Å²) in [4.78, 5) is 0. The van der Waals surface area contributed by atoms with Crippen molar-refractivity contribution in [1.82, 2.24) is 0 Å². The van der Waals surface area contributed by atoms with Gasteiger partial charge in [0.05, 0.1) is 6.10 Å². The summed E-state index contributed by atoms with van der Waals surface area (Å²) in [5, 5.41) is 0. The van der Waals surface area contributed by atoms with Crippen molar-refractivity contribution < 1.29 is 9.47 Å². The van der Waals surface area contributed by atoms with E-state index in [1.54, 1.807) is 0 Å². The lowest BCUT2D eigenvalue weighted by Gasteiger charge is -2.20. The Labute approximate surface area is 108 Å². The van der Waals surface area contributed by atoms with Gasteiger partial charge in [0, 0.05) is 0 Å². The van der Waals surface area contributed by atoms with E-state index in [2.05, 4.69) is 12.1 Å². The topological polar surface area (TPSA) is 18.5 Å². The molecule has 0 aliphatic rings. The molecule has 2 aromatic carbocycles. The van der Waals surface area contributed by atoms with Gasteiger partial charge < -0.3 is 9.47 Å². The van der Waals surface area contributed by atoms with E-state index in [4.69, 9.17) is 9.47 Å². The summed E-state index contributed by atoms with van der Waals surface area (Å²) in [6, 6.07) is 19.8. The Bertz CT molecular complexity index is 453. The molecule has 0 saturated heterocycles. The van der Waals surface area contributed by atoms with E-state index in [0.29, 0.717) is 0 Å². The Morgan fingerprint density at radius 1 is 0.778 bits per heavy atom. The van der Waals surface area contributed by atoms with Gasteiger partial charge in [0.1, 0.15) is 5.75 Å². The van der Waals surface area contributed by atoms with E-state index in [-0.39, 0.29) is 12.4 Å². The van der Waals surface area contributed by atoms with E-state index in [0.717, 1.165) is 11.3 Å². The van der Waals surface area contributed by atoms with Crippen LogP contribution in [0.5, 0.6) is 5.75 Å². The standard InChI is InChI=1S/C16H18O2/c1-13(15-9-5-3-6-10-15)17-14(2)18-16-11-7-4-8-12-16/h3-14H,1-2H3. The highest BCUT2D eigenvalue weighted by molar-refractivity contribution is 5.21. The Morgan fingerprint density at radius 3 is 1.94 bits per heavy atom. The van der Waals surface area contributed by atoms with Crippen molar-refractivity contribution in [2.45, 2.75) is 26.2 Å². The van der Waals surface area contributed by atoms with E-state index >= 15 is 0 Å². The van der Waals surface area contributed by atoms with Crippen LogP contribution in [0.15, 0.2) is 60.7 Å². The summed E-state index contributed by atoms with van der Waals surface area (Å²) in [6.45, 7) is 3.94. The summed E-state index contributed by atoms with van der Waals surface area (Å²) in [5.41, 5.74) is 1.15. The first kappa shape index (κ1) is 12.7. The van der Waals surface area contributed by atoms with Crippen LogP contribution in [0, 0.1) is 0 Å². The molecule has 0 saturated carbocycles. The third-order valence-corrected chi connectivity index (χ3v) is 2.71. The summed E-state index contributed by atoms with van der Waals surface area (Å²) in [6.07, 6.45) is -0.257. The van der Waals surface area contributed by atoms with Crippen LogP contribution in [0.1, 0.15) is 25.5 Å². The molecular formula is C16H18O2. The summed E-state index contributed by atoms with van der Waals surface area (Å²) in [7, 11) is 0. The largest absolute Gasteiger partial charge is 0.465 e. The van der Waals surface area contributed by atoms with Crippen molar-refractivity contribution in [2.24, 2.45) is 0 Å². The normalized spacial score (nSPS) is 13.9. The number of hydrogen-bond acceptors (Lipinski definition) is 2. The van der Waals surface area contributed by atoms with Crippen LogP contribution in [0.4, 0.5) is 0 Å². The summed E-state index contributed by atoms with van der Waals surface area (Å²) in [5.74, 6) is 0.824. The van der Waals surface area contributed by atoms with Crippen molar-refractivity contribution in [1.29, 1.82) is 0 Å². The molecule has 2 atom stereocenters. The Hall–Kier alpha value is -1.80. The second-order valence-corrected chi connectivity index (χ2v) is 4.19. The minimum atomic E-state index is -0.275. The molecule has 0 amide bonds. The number of benzene rings is 2. The Morgan fingerprint density at radius 2 is 1.33 bits per heavy atom. The number of hydrogen-bond donors (Lipinski definition) is 0. The predicted octanol–water partition coefficient (Wildman–Crippen LogP) is 4.19. The maximum Gasteiger partial charge on any atom is 0.197 e. The number of rotatable bonds is 5. The van der Waals surface area contributed by atoms with Crippen LogP contribution in [-0.2, 0) is 4.74 Å². The quantitative estimate of drug-likeness (QED) is 0.732. The molecule has 2 unspecified atom stereocenters. The molecule has 2 aromatic rings. The van der Waals surface area contributed by atoms with Gasteiger partial charge in [0.15, 0.2) is 6.29 Å². The molecule has 0 fully saturated rings. The van der Waals surface area contributed by atoms with Crippen molar-refractivity contribution in [3.05, 3.63) is 66.2 Å². The van der Waals surface area contributed by atoms with E-state index < -0.39 is 0 Å². The first-order valence-electron chi connectivity index (χ1n) is 6.18. The lowest BCUT2D eigenvalue weighted by molar-refractivity contribution is -0.103. The molecule has 2 nitrogen and oxygen atoms in total. The van der Waals surface area contributed by atoms with Crippen LogP contribution in [-0.4, -0.2) is 6.29 Å². The lowest BCUT2D eigenvalue weighted by Crippen LogP contribution is -2.18. The maximum absolute atomic E-state index is 5.82. The number of ether oxygens (including phenoxy) is 2. The average Bonchev–Trinajstić information content (AvgIpc) is 2.40. The fraction of sp³-hybridized carbons (Fsp3) is 0.250. The molecule has 0 spiro atoms. The van der Waals surface area contributed by atoms with Gasteiger partial charge in [-0.25, -0.2) is 0 Å². The molecule has 18 heavy (non-hydrogen) atoms. The molecule has 0 bridgehead atoms. The van der Waals surface area contributed by atoms with Crippen molar-refractivity contribution in [3.8, 4) is 5.75 Å². The number of para-hydroxylation sites is 1. The summed E-state index contributed by atoms with van der Waals surface area (Å²) >= 11 is 0. The van der Waals surface area contributed by atoms with Crippen LogP contribution in [0.25, 0.3) is 0 Å². The highest BCUT2D eigenvalue weighted by Gasteiger charge is 2.11. The average molecular weight is 242 g/mol. The van der Waals surface area contributed by atoms with Gasteiger partial charge in [-0.1, -0.05) is 48.5 Å². The van der Waals surface area contributed by atoms with E-state index in [1.165, 1.54) is 0 Å².